The molecule has 1 saturated carbocycles. The highest BCUT2D eigenvalue weighted by molar-refractivity contribution is 5.36. The van der Waals surface area contributed by atoms with Crippen molar-refractivity contribution in [2.45, 2.75) is 70.3 Å². The summed E-state index contributed by atoms with van der Waals surface area (Å²) < 4.78 is 35.4. The number of hydrogen-bond donors (Lipinski definition) is 0. The van der Waals surface area contributed by atoms with Gasteiger partial charge in [-0.1, -0.05) is 62.9 Å². The van der Waals surface area contributed by atoms with Gasteiger partial charge in [-0.2, -0.15) is 0 Å². The first-order valence-corrected chi connectivity index (χ1v) is 10.7. The molecule has 3 rings (SSSR count). The van der Waals surface area contributed by atoms with Crippen molar-refractivity contribution in [3.8, 4) is 0 Å². The third kappa shape index (κ3) is 5.00. The molecule has 1 aliphatic carbocycles. The van der Waals surface area contributed by atoms with Crippen molar-refractivity contribution in [2.75, 3.05) is 7.11 Å². The van der Waals surface area contributed by atoms with Crippen LogP contribution >= 0.6 is 0 Å². The van der Waals surface area contributed by atoms with Crippen LogP contribution < -0.4 is 0 Å². The first-order valence-electron chi connectivity index (χ1n) is 10.7. The van der Waals surface area contributed by atoms with E-state index in [-0.39, 0.29) is 11.5 Å². The van der Waals surface area contributed by atoms with Crippen molar-refractivity contribution in [1.82, 2.24) is 0 Å². The number of halogens is 2. The van der Waals surface area contributed by atoms with Crippen molar-refractivity contribution >= 4 is 0 Å². The Kier molecular flexibility index (Phi) is 7.61. The van der Waals surface area contributed by atoms with Gasteiger partial charge in [-0.25, -0.2) is 8.78 Å². The monoisotopic (exact) mass is 386 g/mol. The molecule has 0 saturated heterocycles. The standard InChI is InChI=1S/C25H32F2O/c1-3-4-6-9-18-12-14-19(15-13-18)21-16-22(26)24(23(27)17-21)25(28-2)20-10-7-5-8-11-20/h5,7-8,10-11,16-19,25H,3-4,6,9,12-15H2,1-2H3. The summed E-state index contributed by atoms with van der Waals surface area (Å²) in [5.74, 6) is 0.0393. The van der Waals surface area contributed by atoms with Gasteiger partial charge in [0.15, 0.2) is 0 Å². The lowest BCUT2D eigenvalue weighted by Gasteiger charge is -2.29. The Balaban J connectivity index is 1.72. The molecular weight excluding hydrogens is 354 g/mol. The molecule has 0 radical (unpaired) electrons. The topological polar surface area (TPSA) is 9.23 Å². The molecule has 0 bridgehead atoms. The summed E-state index contributed by atoms with van der Waals surface area (Å²) in [4.78, 5) is 0. The first kappa shape index (κ1) is 21.0. The molecule has 0 heterocycles. The highest BCUT2D eigenvalue weighted by atomic mass is 19.1. The predicted octanol–water partition coefficient (Wildman–Crippen LogP) is 7.55. The lowest BCUT2D eigenvalue weighted by Crippen LogP contribution is -2.15. The molecule has 2 aromatic rings. The van der Waals surface area contributed by atoms with Gasteiger partial charge in [0.1, 0.15) is 17.7 Å². The van der Waals surface area contributed by atoms with E-state index in [1.165, 1.54) is 57.8 Å². The molecule has 0 N–H and O–H groups in total. The average molecular weight is 387 g/mol. The Morgan fingerprint density at radius 2 is 1.61 bits per heavy atom. The zero-order valence-corrected chi connectivity index (χ0v) is 17.1. The second kappa shape index (κ2) is 10.2. The van der Waals surface area contributed by atoms with Crippen LogP contribution in [0.2, 0.25) is 0 Å². The van der Waals surface area contributed by atoms with Crippen LogP contribution in [0.5, 0.6) is 0 Å². The SMILES string of the molecule is CCCCCC1CCC(c2cc(F)c(C(OC)c3ccccc3)c(F)c2)CC1. The summed E-state index contributed by atoms with van der Waals surface area (Å²) >= 11 is 0. The zero-order chi connectivity index (χ0) is 19.9. The third-order valence-corrected chi connectivity index (χ3v) is 6.24. The van der Waals surface area contributed by atoms with E-state index < -0.39 is 17.7 Å². The summed E-state index contributed by atoms with van der Waals surface area (Å²) in [5.41, 5.74) is 1.56. The van der Waals surface area contributed by atoms with Gasteiger partial charge in [0.2, 0.25) is 0 Å². The fourth-order valence-electron chi connectivity index (χ4n) is 4.61. The maximum Gasteiger partial charge on any atom is 0.132 e. The molecule has 0 aromatic heterocycles. The van der Waals surface area contributed by atoms with Crippen LogP contribution in [0.3, 0.4) is 0 Å². The third-order valence-electron chi connectivity index (χ3n) is 6.24. The normalized spacial score (nSPS) is 20.9. The Morgan fingerprint density at radius 1 is 0.964 bits per heavy atom. The lowest BCUT2D eigenvalue weighted by atomic mass is 9.76. The minimum absolute atomic E-state index is 0.00528. The van der Waals surface area contributed by atoms with E-state index in [1.807, 2.05) is 30.3 Å². The number of ether oxygens (including phenoxy) is 1. The molecule has 0 spiro atoms. The molecule has 2 aromatic carbocycles. The average Bonchev–Trinajstić information content (AvgIpc) is 2.72. The van der Waals surface area contributed by atoms with Gasteiger partial charge < -0.3 is 4.74 Å². The molecule has 152 valence electrons. The fourth-order valence-corrected chi connectivity index (χ4v) is 4.61. The minimum Gasteiger partial charge on any atom is -0.372 e. The van der Waals surface area contributed by atoms with Crippen LogP contribution in [0.15, 0.2) is 42.5 Å². The highest BCUT2D eigenvalue weighted by Gasteiger charge is 2.27. The molecular formula is C25H32F2O. The number of hydrogen-bond acceptors (Lipinski definition) is 1. The zero-order valence-electron chi connectivity index (χ0n) is 17.1. The van der Waals surface area contributed by atoms with E-state index in [0.29, 0.717) is 0 Å². The molecule has 1 aliphatic rings. The summed E-state index contributed by atoms with van der Waals surface area (Å²) in [6.07, 6.45) is 8.84. The van der Waals surface area contributed by atoms with Crippen molar-refractivity contribution < 1.29 is 13.5 Å². The Bertz CT molecular complexity index is 712. The molecule has 0 amide bonds. The van der Waals surface area contributed by atoms with Crippen molar-refractivity contribution in [3.05, 3.63) is 70.8 Å². The van der Waals surface area contributed by atoms with Crippen molar-refractivity contribution in [2.24, 2.45) is 5.92 Å². The number of unbranched alkanes of at least 4 members (excludes halogenated alkanes) is 2. The highest BCUT2D eigenvalue weighted by Crippen LogP contribution is 2.39. The van der Waals surface area contributed by atoms with Crippen LogP contribution in [0.25, 0.3) is 0 Å². The summed E-state index contributed by atoms with van der Waals surface area (Å²) in [5, 5.41) is 0. The van der Waals surface area contributed by atoms with E-state index in [0.717, 1.165) is 29.9 Å². The molecule has 1 unspecified atom stereocenters. The van der Waals surface area contributed by atoms with Gasteiger partial charge in [0, 0.05) is 7.11 Å². The molecule has 3 heteroatoms. The van der Waals surface area contributed by atoms with Gasteiger partial charge in [-0.05, 0) is 60.8 Å². The molecule has 1 fully saturated rings. The van der Waals surface area contributed by atoms with Crippen LogP contribution in [0.1, 0.15) is 87.0 Å². The largest absolute Gasteiger partial charge is 0.372 e. The molecule has 28 heavy (non-hydrogen) atoms. The Hall–Kier alpha value is -1.74. The van der Waals surface area contributed by atoms with Gasteiger partial charge in [-0.15, -0.1) is 0 Å². The van der Waals surface area contributed by atoms with Crippen LogP contribution in [-0.4, -0.2) is 7.11 Å². The minimum atomic E-state index is -0.732. The van der Waals surface area contributed by atoms with E-state index in [2.05, 4.69) is 6.92 Å². The molecule has 1 atom stereocenters. The fraction of sp³-hybridized carbons (Fsp3) is 0.520. The Labute approximate surface area is 168 Å². The van der Waals surface area contributed by atoms with E-state index >= 15 is 0 Å². The second-order valence-corrected chi connectivity index (χ2v) is 8.14. The van der Waals surface area contributed by atoms with E-state index in [4.69, 9.17) is 4.74 Å². The van der Waals surface area contributed by atoms with Gasteiger partial charge in [0.25, 0.3) is 0 Å². The van der Waals surface area contributed by atoms with Crippen LogP contribution in [0.4, 0.5) is 8.78 Å². The molecule has 0 aliphatic heterocycles. The molecule has 1 nitrogen and oxygen atoms in total. The summed E-state index contributed by atoms with van der Waals surface area (Å²) in [7, 11) is 1.49. The van der Waals surface area contributed by atoms with Gasteiger partial charge >= 0.3 is 0 Å². The van der Waals surface area contributed by atoms with Crippen LogP contribution in [0, 0.1) is 17.6 Å². The van der Waals surface area contributed by atoms with Gasteiger partial charge in [-0.3, -0.25) is 0 Å². The first-order chi connectivity index (χ1) is 13.6. The summed E-state index contributed by atoms with van der Waals surface area (Å²) in [6, 6.07) is 12.3. The number of benzene rings is 2. The maximum absolute atomic E-state index is 15.0. The van der Waals surface area contributed by atoms with E-state index in [1.54, 1.807) is 0 Å². The summed E-state index contributed by atoms with van der Waals surface area (Å²) in [6.45, 7) is 2.23. The maximum atomic E-state index is 15.0. The smallest absolute Gasteiger partial charge is 0.132 e. The van der Waals surface area contributed by atoms with Crippen molar-refractivity contribution in [3.63, 3.8) is 0 Å². The second-order valence-electron chi connectivity index (χ2n) is 8.14. The Morgan fingerprint density at radius 3 is 2.18 bits per heavy atom. The quantitative estimate of drug-likeness (QED) is 0.425. The lowest BCUT2D eigenvalue weighted by molar-refractivity contribution is 0.129. The van der Waals surface area contributed by atoms with Gasteiger partial charge in [0.05, 0.1) is 5.56 Å². The van der Waals surface area contributed by atoms with Crippen molar-refractivity contribution in [1.29, 1.82) is 0 Å². The predicted molar refractivity (Wildman–Crippen MR) is 110 cm³/mol. The number of rotatable bonds is 8. The van der Waals surface area contributed by atoms with E-state index in [9.17, 15) is 8.78 Å². The van der Waals surface area contributed by atoms with Crippen LogP contribution in [-0.2, 0) is 4.74 Å². The number of methoxy groups -OCH3 is 1.